The quantitative estimate of drug-likeness (QED) is 0.872. The van der Waals surface area contributed by atoms with E-state index in [1.54, 1.807) is 0 Å². The van der Waals surface area contributed by atoms with Crippen molar-refractivity contribution in [2.75, 3.05) is 0 Å². The van der Waals surface area contributed by atoms with E-state index in [9.17, 15) is 9.18 Å². The molecule has 2 aromatic carbocycles. The van der Waals surface area contributed by atoms with Crippen LogP contribution in [0.2, 0.25) is 0 Å². The van der Waals surface area contributed by atoms with Crippen molar-refractivity contribution in [1.82, 2.24) is 0 Å². The molecule has 0 bridgehead atoms. The molecular formula is C15H13FO2. The second-order valence-electron chi connectivity index (χ2n) is 4.32. The summed E-state index contributed by atoms with van der Waals surface area (Å²) < 4.78 is 13.8. The van der Waals surface area contributed by atoms with E-state index in [0.717, 1.165) is 16.7 Å². The minimum absolute atomic E-state index is 0.0901. The molecule has 0 aliphatic carbocycles. The van der Waals surface area contributed by atoms with E-state index < -0.39 is 11.8 Å². The molecule has 2 rings (SSSR count). The van der Waals surface area contributed by atoms with Crippen LogP contribution < -0.4 is 0 Å². The molecular weight excluding hydrogens is 231 g/mol. The summed E-state index contributed by atoms with van der Waals surface area (Å²) in [7, 11) is 0. The Bertz CT molecular complexity index is 618. The maximum absolute atomic E-state index is 13.8. The Labute approximate surface area is 105 Å². The van der Waals surface area contributed by atoms with E-state index in [1.165, 1.54) is 18.2 Å². The summed E-state index contributed by atoms with van der Waals surface area (Å²) in [6.45, 7) is 3.80. The van der Waals surface area contributed by atoms with Gasteiger partial charge in [0.2, 0.25) is 0 Å². The van der Waals surface area contributed by atoms with E-state index in [2.05, 4.69) is 0 Å². The molecule has 92 valence electrons. The third-order valence-electron chi connectivity index (χ3n) is 2.90. The molecule has 0 spiro atoms. The van der Waals surface area contributed by atoms with Crippen molar-refractivity contribution in [3.63, 3.8) is 0 Å². The molecule has 0 saturated carbocycles. The Balaban J connectivity index is 2.66. The van der Waals surface area contributed by atoms with Gasteiger partial charge in [-0.15, -0.1) is 0 Å². The van der Waals surface area contributed by atoms with Crippen molar-refractivity contribution in [3.05, 3.63) is 58.9 Å². The van der Waals surface area contributed by atoms with Gasteiger partial charge in [0.25, 0.3) is 0 Å². The van der Waals surface area contributed by atoms with E-state index in [4.69, 9.17) is 5.11 Å². The summed E-state index contributed by atoms with van der Waals surface area (Å²) in [5.41, 5.74) is 3.08. The summed E-state index contributed by atoms with van der Waals surface area (Å²) in [4.78, 5) is 10.9. The Kier molecular flexibility index (Phi) is 3.15. The standard InChI is InChI=1S/C15H13FO2/c1-9-3-4-10(2)12(7-9)13-8-11(15(17)18)5-6-14(13)16/h3-8H,1-2H3,(H,17,18). The van der Waals surface area contributed by atoms with Gasteiger partial charge in [0.15, 0.2) is 0 Å². The zero-order valence-electron chi connectivity index (χ0n) is 10.2. The first-order valence-electron chi connectivity index (χ1n) is 5.59. The number of carbonyl (C=O) groups is 1. The van der Waals surface area contributed by atoms with E-state index in [0.29, 0.717) is 5.56 Å². The van der Waals surface area contributed by atoms with Crippen molar-refractivity contribution in [1.29, 1.82) is 0 Å². The average molecular weight is 244 g/mol. The maximum atomic E-state index is 13.8. The van der Waals surface area contributed by atoms with Crippen LogP contribution in [0, 0.1) is 19.7 Å². The summed E-state index contributed by atoms with van der Waals surface area (Å²) in [6, 6.07) is 9.54. The van der Waals surface area contributed by atoms with Gasteiger partial charge in [-0.05, 0) is 43.2 Å². The lowest BCUT2D eigenvalue weighted by Crippen LogP contribution is -1.98. The molecule has 0 fully saturated rings. The Morgan fingerprint density at radius 3 is 2.44 bits per heavy atom. The molecule has 3 heteroatoms. The van der Waals surface area contributed by atoms with Gasteiger partial charge >= 0.3 is 5.97 Å². The van der Waals surface area contributed by atoms with Crippen LogP contribution in [0.25, 0.3) is 11.1 Å². The van der Waals surface area contributed by atoms with Crippen LogP contribution in [-0.4, -0.2) is 11.1 Å². The minimum Gasteiger partial charge on any atom is -0.478 e. The van der Waals surface area contributed by atoms with Gasteiger partial charge in [0, 0.05) is 5.56 Å². The topological polar surface area (TPSA) is 37.3 Å². The predicted molar refractivity (Wildman–Crippen MR) is 68.3 cm³/mol. The number of halogens is 1. The second-order valence-corrected chi connectivity index (χ2v) is 4.32. The third-order valence-corrected chi connectivity index (χ3v) is 2.90. The fourth-order valence-electron chi connectivity index (χ4n) is 1.89. The highest BCUT2D eigenvalue weighted by Crippen LogP contribution is 2.28. The molecule has 0 saturated heterocycles. The fourth-order valence-corrected chi connectivity index (χ4v) is 1.89. The lowest BCUT2D eigenvalue weighted by Gasteiger charge is -2.09. The molecule has 0 aliphatic heterocycles. The number of benzene rings is 2. The summed E-state index contributed by atoms with van der Waals surface area (Å²) in [5, 5.41) is 8.95. The molecule has 0 heterocycles. The van der Waals surface area contributed by atoms with Gasteiger partial charge in [-0.1, -0.05) is 23.8 Å². The number of rotatable bonds is 2. The van der Waals surface area contributed by atoms with Gasteiger partial charge in [-0.25, -0.2) is 9.18 Å². The van der Waals surface area contributed by atoms with Gasteiger partial charge in [0.05, 0.1) is 5.56 Å². The van der Waals surface area contributed by atoms with Crippen molar-refractivity contribution in [2.45, 2.75) is 13.8 Å². The first kappa shape index (κ1) is 12.3. The van der Waals surface area contributed by atoms with Crippen LogP contribution in [0.1, 0.15) is 21.5 Å². The molecule has 0 aliphatic rings. The molecule has 0 unspecified atom stereocenters. The van der Waals surface area contributed by atoms with Crippen molar-refractivity contribution in [2.24, 2.45) is 0 Å². The number of hydrogen-bond acceptors (Lipinski definition) is 1. The highest BCUT2D eigenvalue weighted by atomic mass is 19.1. The monoisotopic (exact) mass is 244 g/mol. The molecule has 0 radical (unpaired) electrons. The SMILES string of the molecule is Cc1ccc(C)c(-c2cc(C(=O)O)ccc2F)c1. The third kappa shape index (κ3) is 2.25. The van der Waals surface area contributed by atoms with Crippen LogP contribution in [-0.2, 0) is 0 Å². The highest BCUT2D eigenvalue weighted by molar-refractivity contribution is 5.89. The molecule has 2 aromatic rings. The van der Waals surface area contributed by atoms with Crippen molar-refractivity contribution >= 4 is 5.97 Å². The zero-order valence-corrected chi connectivity index (χ0v) is 10.2. The lowest BCUT2D eigenvalue weighted by atomic mass is 9.96. The Morgan fingerprint density at radius 1 is 1.06 bits per heavy atom. The molecule has 0 atom stereocenters. The van der Waals surface area contributed by atoms with Crippen LogP contribution in [0.5, 0.6) is 0 Å². The second kappa shape index (κ2) is 4.61. The number of hydrogen-bond donors (Lipinski definition) is 1. The minimum atomic E-state index is -1.05. The first-order valence-corrected chi connectivity index (χ1v) is 5.59. The average Bonchev–Trinajstić information content (AvgIpc) is 2.33. The number of aryl methyl sites for hydroxylation is 2. The number of carboxylic acid groups (broad SMARTS) is 1. The van der Waals surface area contributed by atoms with Gasteiger partial charge in [-0.3, -0.25) is 0 Å². The molecule has 0 amide bonds. The molecule has 2 nitrogen and oxygen atoms in total. The van der Waals surface area contributed by atoms with Gasteiger partial charge in [0.1, 0.15) is 5.82 Å². The fraction of sp³-hybridized carbons (Fsp3) is 0.133. The van der Waals surface area contributed by atoms with Gasteiger partial charge in [-0.2, -0.15) is 0 Å². The normalized spacial score (nSPS) is 10.4. The summed E-state index contributed by atoms with van der Waals surface area (Å²) >= 11 is 0. The van der Waals surface area contributed by atoms with E-state index in [1.807, 2.05) is 32.0 Å². The lowest BCUT2D eigenvalue weighted by molar-refractivity contribution is 0.0697. The van der Waals surface area contributed by atoms with Crippen LogP contribution in [0.15, 0.2) is 36.4 Å². The smallest absolute Gasteiger partial charge is 0.335 e. The number of aromatic carboxylic acids is 1. The van der Waals surface area contributed by atoms with Crippen LogP contribution in [0.3, 0.4) is 0 Å². The van der Waals surface area contributed by atoms with Crippen molar-refractivity contribution in [3.8, 4) is 11.1 Å². The van der Waals surface area contributed by atoms with Gasteiger partial charge < -0.3 is 5.11 Å². The highest BCUT2D eigenvalue weighted by Gasteiger charge is 2.12. The largest absolute Gasteiger partial charge is 0.478 e. The molecule has 0 aromatic heterocycles. The molecule has 1 N–H and O–H groups in total. The predicted octanol–water partition coefficient (Wildman–Crippen LogP) is 3.81. The van der Waals surface area contributed by atoms with Crippen LogP contribution in [0.4, 0.5) is 4.39 Å². The van der Waals surface area contributed by atoms with E-state index in [-0.39, 0.29) is 5.56 Å². The number of carboxylic acids is 1. The summed E-state index contributed by atoms with van der Waals surface area (Å²) in [6.07, 6.45) is 0. The summed E-state index contributed by atoms with van der Waals surface area (Å²) in [5.74, 6) is -1.46. The molecule has 18 heavy (non-hydrogen) atoms. The first-order chi connectivity index (χ1) is 8.49. The Hall–Kier alpha value is -2.16. The van der Waals surface area contributed by atoms with Crippen molar-refractivity contribution < 1.29 is 14.3 Å². The van der Waals surface area contributed by atoms with E-state index >= 15 is 0 Å². The zero-order chi connectivity index (χ0) is 13.3. The maximum Gasteiger partial charge on any atom is 0.335 e. The van der Waals surface area contributed by atoms with Crippen LogP contribution >= 0.6 is 0 Å². The Morgan fingerprint density at radius 2 is 1.78 bits per heavy atom.